The Hall–Kier alpha value is -2.84. The van der Waals surface area contributed by atoms with Gasteiger partial charge >= 0.3 is 5.69 Å². The van der Waals surface area contributed by atoms with Crippen LogP contribution < -0.4 is 0 Å². The van der Waals surface area contributed by atoms with E-state index in [2.05, 4.69) is 5.10 Å². The van der Waals surface area contributed by atoms with Gasteiger partial charge < -0.3 is 4.90 Å². The van der Waals surface area contributed by atoms with Crippen molar-refractivity contribution in [2.75, 3.05) is 6.54 Å². The molecule has 128 valence electrons. The molecule has 0 fully saturated rings. The quantitative estimate of drug-likeness (QED) is 0.574. The Kier molecular flexibility index (Phi) is 5.56. The van der Waals surface area contributed by atoms with Crippen LogP contribution >= 0.6 is 0 Å². The van der Waals surface area contributed by atoms with Gasteiger partial charge in [0.2, 0.25) is 5.91 Å². The normalized spacial score (nSPS) is 10.6. The van der Waals surface area contributed by atoms with Crippen LogP contribution in [-0.4, -0.2) is 32.1 Å². The number of nitrogens with zero attached hydrogens (tertiary/aromatic N) is 4. The molecule has 0 aliphatic rings. The molecule has 0 saturated heterocycles. The van der Waals surface area contributed by atoms with E-state index in [0.29, 0.717) is 0 Å². The van der Waals surface area contributed by atoms with Crippen molar-refractivity contribution in [1.82, 2.24) is 14.7 Å². The average Bonchev–Trinajstić information content (AvgIpc) is 3.02. The molecule has 2 aromatic rings. The first-order chi connectivity index (χ1) is 11.4. The van der Waals surface area contributed by atoms with Crippen LogP contribution in [-0.2, 0) is 17.9 Å². The van der Waals surface area contributed by atoms with Crippen molar-refractivity contribution in [2.24, 2.45) is 0 Å². The van der Waals surface area contributed by atoms with E-state index in [1.807, 2.05) is 0 Å². The van der Waals surface area contributed by atoms with Gasteiger partial charge in [0.25, 0.3) is 0 Å². The summed E-state index contributed by atoms with van der Waals surface area (Å²) in [7, 11) is 0. The first kappa shape index (κ1) is 17.5. The van der Waals surface area contributed by atoms with Crippen molar-refractivity contribution < 1.29 is 18.5 Å². The van der Waals surface area contributed by atoms with Crippen molar-refractivity contribution in [3.63, 3.8) is 0 Å². The number of hydrogen-bond donors (Lipinski definition) is 0. The highest BCUT2D eigenvalue weighted by atomic mass is 19.1. The zero-order chi connectivity index (χ0) is 17.7. The van der Waals surface area contributed by atoms with Crippen molar-refractivity contribution in [3.05, 3.63) is 57.9 Å². The minimum Gasteiger partial charge on any atom is -0.338 e. The van der Waals surface area contributed by atoms with Gasteiger partial charge in [0.05, 0.1) is 11.5 Å². The molecule has 0 saturated carbocycles. The molecule has 1 aromatic heterocycles. The van der Waals surface area contributed by atoms with Gasteiger partial charge in [-0.15, -0.1) is 0 Å². The molecule has 0 atom stereocenters. The third kappa shape index (κ3) is 4.12. The van der Waals surface area contributed by atoms with Crippen molar-refractivity contribution in [1.29, 1.82) is 0 Å². The standard InChI is InChI=1S/C15H16F2N4O3/c1-2-19(10-12-13(16)4-3-5-14(12)17)15(22)6-7-20-9-11(8-18-20)21(23)24/h3-5,8-9H,2,6-7,10H2,1H3. The predicted molar refractivity (Wildman–Crippen MR) is 80.9 cm³/mol. The van der Waals surface area contributed by atoms with E-state index in [-0.39, 0.29) is 43.2 Å². The summed E-state index contributed by atoms with van der Waals surface area (Å²) in [5.41, 5.74) is -0.328. The minimum absolute atomic E-state index is 0.0166. The van der Waals surface area contributed by atoms with E-state index in [1.165, 1.54) is 21.8 Å². The summed E-state index contributed by atoms with van der Waals surface area (Å²) < 4.78 is 28.7. The molecule has 0 radical (unpaired) electrons. The van der Waals surface area contributed by atoms with Crippen LogP contribution in [0.5, 0.6) is 0 Å². The van der Waals surface area contributed by atoms with E-state index < -0.39 is 16.6 Å². The second kappa shape index (κ2) is 7.62. The predicted octanol–water partition coefficient (Wildman–Crippen LogP) is 2.51. The van der Waals surface area contributed by atoms with E-state index in [4.69, 9.17) is 0 Å². The van der Waals surface area contributed by atoms with Gasteiger partial charge in [-0.3, -0.25) is 19.6 Å². The Balaban J connectivity index is 1.99. The maximum absolute atomic E-state index is 13.7. The van der Waals surface area contributed by atoms with Gasteiger partial charge in [-0.1, -0.05) is 6.07 Å². The van der Waals surface area contributed by atoms with Crippen LogP contribution in [0.2, 0.25) is 0 Å². The molecule has 0 N–H and O–H groups in total. The molecule has 24 heavy (non-hydrogen) atoms. The van der Waals surface area contributed by atoms with Crippen LogP contribution in [0.1, 0.15) is 18.9 Å². The monoisotopic (exact) mass is 338 g/mol. The lowest BCUT2D eigenvalue weighted by Crippen LogP contribution is -2.31. The summed E-state index contributed by atoms with van der Waals surface area (Å²) in [5, 5.41) is 14.4. The fourth-order valence-corrected chi connectivity index (χ4v) is 2.19. The number of hydrogen-bond acceptors (Lipinski definition) is 4. The number of carbonyl (C=O) groups is 1. The largest absolute Gasteiger partial charge is 0.338 e. The zero-order valence-corrected chi connectivity index (χ0v) is 13.0. The van der Waals surface area contributed by atoms with Crippen LogP contribution in [0.4, 0.5) is 14.5 Å². The first-order valence-corrected chi connectivity index (χ1v) is 7.30. The van der Waals surface area contributed by atoms with E-state index in [0.717, 1.165) is 18.3 Å². The molecule has 9 heteroatoms. The number of nitro groups is 1. The molecule has 1 heterocycles. The number of aromatic nitrogens is 2. The highest BCUT2D eigenvalue weighted by molar-refractivity contribution is 5.76. The third-order valence-corrected chi connectivity index (χ3v) is 3.53. The summed E-state index contributed by atoms with van der Waals surface area (Å²) >= 11 is 0. The fraction of sp³-hybridized carbons (Fsp3) is 0.333. The van der Waals surface area contributed by atoms with E-state index in [9.17, 15) is 23.7 Å². The van der Waals surface area contributed by atoms with Gasteiger partial charge in [-0.25, -0.2) is 8.78 Å². The second-order valence-corrected chi connectivity index (χ2v) is 5.08. The maximum atomic E-state index is 13.7. The second-order valence-electron chi connectivity index (χ2n) is 5.08. The van der Waals surface area contributed by atoms with Crippen molar-refractivity contribution >= 4 is 11.6 Å². The minimum atomic E-state index is -0.705. The lowest BCUT2D eigenvalue weighted by atomic mass is 10.1. The SMILES string of the molecule is CCN(Cc1c(F)cccc1F)C(=O)CCn1cc([N+](=O)[O-])cn1. The van der Waals surface area contributed by atoms with Gasteiger partial charge in [0.15, 0.2) is 0 Å². The lowest BCUT2D eigenvalue weighted by Gasteiger charge is -2.21. The summed E-state index contributed by atoms with van der Waals surface area (Å²) in [6, 6.07) is 3.54. The van der Waals surface area contributed by atoms with Crippen LogP contribution in [0.3, 0.4) is 0 Å². The Morgan fingerprint density at radius 2 is 2.04 bits per heavy atom. The molecular weight excluding hydrogens is 322 g/mol. The number of carbonyl (C=O) groups excluding carboxylic acids is 1. The Bertz CT molecular complexity index is 728. The highest BCUT2D eigenvalue weighted by Crippen LogP contribution is 2.15. The van der Waals surface area contributed by atoms with Gasteiger partial charge in [0.1, 0.15) is 24.0 Å². The highest BCUT2D eigenvalue weighted by Gasteiger charge is 2.17. The Morgan fingerprint density at radius 1 is 1.38 bits per heavy atom. The van der Waals surface area contributed by atoms with Crippen molar-refractivity contribution in [3.8, 4) is 0 Å². The molecule has 0 aliphatic heterocycles. The number of aryl methyl sites for hydroxylation is 1. The molecule has 0 unspecified atom stereocenters. The summed E-state index contributed by atoms with van der Waals surface area (Å²) in [6.45, 7) is 1.96. The van der Waals surface area contributed by atoms with Crippen LogP contribution in [0.15, 0.2) is 30.6 Å². The smallest absolute Gasteiger partial charge is 0.306 e. The fourth-order valence-electron chi connectivity index (χ4n) is 2.19. The summed E-state index contributed by atoms with van der Waals surface area (Å²) in [6.07, 6.45) is 2.33. The van der Waals surface area contributed by atoms with Crippen LogP contribution in [0.25, 0.3) is 0 Å². The molecule has 1 amide bonds. The molecule has 2 rings (SSSR count). The zero-order valence-electron chi connectivity index (χ0n) is 13.0. The summed E-state index contributed by atoms with van der Waals surface area (Å²) in [5.74, 6) is -1.73. The van der Waals surface area contributed by atoms with Crippen LogP contribution in [0, 0.1) is 21.7 Å². The van der Waals surface area contributed by atoms with Crippen molar-refractivity contribution in [2.45, 2.75) is 26.4 Å². The molecule has 0 bridgehead atoms. The average molecular weight is 338 g/mol. The lowest BCUT2D eigenvalue weighted by molar-refractivity contribution is -0.385. The number of amides is 1. The topological polar surface area (TPSA) is 81.3 Å². The van der Waals surface area contributed by atoms with Gasteiger partial charge in [-0.05, 0) is 19.1 Å². The number of halogens is 2. The number of rotatable bonds is 7. The summed E-state index contributed by atoms with van der Waals surface area (Å²) in [4.78, 5) is 23.5. The molecule has 0 spiro atoms. The molecule has 7 nitrogen and oxygen atoms in total. The molecule has 0 aliphatic carbocycles. The number of benzene rings is 1. The van der Waals surface area contributed by atoms with E-state index >= 15 is 0 Å². The molecular formula is C15H16F2N4O3. The Morgan fingerprint density at radius 3 is 2.58 bits per heavy atom. The van der Waals surface area contributed by atoms with E-state index in [1.54, 1.807) is 6.92 Å². The van der Waals surface area contributed by atoms with Gasteiger partial charge in [0, 0.05) is 25.1 Å². The molecule has 1 aromatic carbocycles. The maximum Gasteiger partial charge on any atom is 0.306 e. The van der Waals surface area contributed by atoms with Gasteiger partial charge in [-0.2, -0.15) is 5.10 Å². The third-order valence-electron chi connectivity index (χ3n) is 3.53. The first-order valence-electron chi connectivity index (χ1n) is 7.30. The Labute approximate surface area is 136 Å².